The van der Waals surface area contributed by atoms with Gasteiger partial charge in [-0.25, -0.2) is 4.79 Å². The Hall–Kier alpha value is -1.75. The highest BCUT2D eigenvalue weighted by Gasteiger charge is 2.22. The summed E-state index contributed by atoms with van der Waals surface area (Å²) in [5.41, 5.74) is 2.05. The van der Waals surface area contributed by atoms with Gasteiger partial charge in [0.2, 0.25) is 0 Å². The van der Waals surface area contributed by atoms with E-state index in [-0.39, 0.29) is 6.03 Å². The van der Waals surface area contributed by atoms with Crippen LogP contribution in [0.3, 0.4) is 0 Å². The molecule has 0 spiro atoms. The summed E-state index contributed by atoms with van der Waals surface area (Å²) in [6.45, 7) is 14.2. The molecule has 2 rings (SSSR count). The summed E-state index contributed by atoms with van der Waals surface area (Å²) in [4.78, 5) is 19.0. The Balaban J connectivity index is 1.88. The molecule has 0 unspecified atom stereocenters. The molecule has 5 heteroatoms. The smallest absolute Gasteiger partial charge is 0.321 e. The van der Waals surface area contributed by atoms with Gasteiger partial charge in [0.1, 0.15) is 0 Å². The van der Waals surface area contributed by atoms with Gasteiger partial charge in [-0.05, 0) is 52.0 Å². The summed E-state index contributed by atoms with van der Waals surface area (Å²) in [6.07, 6.45) is 0. The first-order valence-electron chi connectivity index (χ1n) is 8.70. The van der Waals surface area contributed by atoms with Gasteiger partial charge in [0.25, 0.3) is 0 Å². The van der Waals surface area contributed by atoms with Crippen LogP contribution in [-0.2, 0) is 0 Å². The number of hydrogen-bond donors (Lipinski definition) is 1. The van der Waals surface area contributed by atoms with Gasteiger partial charge < -0.3 is 15.1 Å². The molecule has 1 saturated heterocycles. The third kappa shape index (κ3) is 4.61. The molecule has 0 aliphatic carbocycles. The highest BCUT2D eigenvalue weighted by Crippen LogP contribution is 2.18. The maximum atomic E-state index is 12.4. The highest BCUT2D eigenvalue weighted by atomic mass is 16.2. The minimum absolute atomic E-state index is 0.00370. The second kappa shape index (κ2) is 8.20. The number of amides is 2. The average molecular weight is 318 g/mol. The molecule has 1 aliphatic rings. The van der Waals surface area contributed by atoms with Crippen LogP contribution in [0.4, 0.5) is 16.2 Å². The van der Waals surface area contributed by atoms with Crippen molar-refractivity contribution in [3.63, 3.8) is 0 Å². The second-order valence-corrected chi connectivity index (χ2v) is 6.27. The molecule has 2 amide bonds. The lowest BCUT2D eigenvalue weighted by atomic mass is 10.2. The molecule has 1 N–H and O–H groups in total. The van der Waals surface area contributed by atoms with Gasteiger partial charge in [-0.15, -0.1) is 0 Å². The van der Waals surface area contributed by atoms with Gasteiger partial charge in [0.05, 0.1) is 0 Å². The van der Waals surface area contributed by atoms with Crippen molar-refractivity contribution in [2.45, 2.75) is 33.7 Å². The van der Waals surface area contributed by atoms with Gasteiger partial charge in [-0.1, -0.05) is 0 Å². The number of anilines is 2. The minimum atomic E-state index is 0.00370. The first-order chi connectivity index (χ1) is 11.0. The molecule has 5 nitrogen and oxygen atoms in total. The Bertz CT molecular complexity index is 488. The van der Waals surface area contributed by atoms with Gasteiger partial charge in [-0.3, -0.25) is 4.90 Å². The van der Waals surface area contributed by atoms with Crippen molar-refractivity contribution in [3.05, 3.63) is 24.3 Å². The van der Waals surface area contributed by atoms with Crippen molar-refractivity contribution >= 4 is 17.4 Å². The Morgan fingerprint density at radius 3 is 2.13 bits per heavy atom. The Labute approximate surface area is 140 Å². The fourth-order valence-corrected chi connectivity index (χ4v) is 2.99. The molecule has 128 valence electrons. The molecule has 0 radical (unpaired) electrons. The highest BCUT2D eigenvalue weighted by molar-refractivity contribution is 5.89. The fraction of sp³-hybridized carbons (Fsp3) is 0.611. The third-order valence-electron chi connectivity index (χ3n) is 4.58. The van der Waals surface area contributed by atoms with E-state index in [4.69, 9.17) is 0 Å². The van der Waals surface area contributed by atoms with Crippen LogP contribution >= 0.6 is 0 Å². The maximum absolute atomic E-state index is 12.4. The van der Waals surface area contributed by atoms with Crippen LogP contribution in [0.15, 0.2) is 24.3 Å². The molecule has 0 bridgehead atoms. The minimum Gasteiger partial charge on any atom is -0.372 e. The average Bonchev–Trinajstić information content (AvgIpc) is 2.57. The number of hydrogen-bond acceptors (Lipinski definition) is 3. The molecule has 23 heavy (non-hydrogen) atoms. The number of nitrogens with zero attached hydrogens (tertiary/aromatic N) is 3. The van der Waals surface area contributed by atoms with Crippen molar-refractivity contribution in [1.29, 1.82) is 0 Å². The normalized spacial score (nSPS) is 15.8. The summed E-state index contributed by atoms with van der Waals surface area (Å²) in [7, 11) is 0. The molecule has 1 heterocycles. The predicted octanol–water partition coefficient (Wildman–Crippen LogP) is 3.09. The lowest BCUT2D eigenvalue weighted by Crippen LogP contribution is -2.51. The van der Waals surface area contributed by atoms with Crippen LogP contribution in [0.25, 0.3) is 0 Å². The van der Waals surface area contributed by atoms with Crippen molar-refractivity contribution in [3.8, 4) is 0 Å². The maximum Gasteiger partial charge on any atom is 0.321 e. The molecule has 0 aromatic heterocycles. The van der Waals surface area contributed by atoms with Crippen molar-refractivity contribution < 1.29 is 4.79 Å². The van der Waals surface area contributed by atoms with Crippen LogP contribution in [-0.4, -0.2) is 61.1 Å². The van der Waals surface area contributed by atoms with E-state index in [9.17, 15) is 4.79 Å². The Morgan fingerprint density at radius 2 is 1.65 bits per heavy atom. The zero-order valence-electron chi connectivity index (χ0n) is 14.9. The van der Waals surface area contributed by atoms with E-state index in [1.54, 1.807) is 0 Å². The van der Waals surface area contributed by atoms with E-state index < -0.39 is 0 Å². The van der Waals surface area contributed by atoms with E-state index in [2.05, 4.69) is 54.9 Å². The second-order valence-electron chi connectivity index (χ2n) is 6.27. The Kier molecular flexibility index (Phi) is 6.28. The van der Waals surface area contributed by atoms with Crippen LogP contribution < -0.4 is 10.2 Å². The summed E-state index contributed by atoms with van der Waals surface area (Å²) in [5.74, 6) is 0. The van der Waals surface area contributed by atoms with Crippen LogP contribution in [0.5, 0.6) is 0 Å². The van der Waals surface area contributed by atoms with Gasteiger partial charge >= 0.3 is 6.03 Å². The molecule has 1 aromatic rings. The van der Waals surface area contributed by atoms with Crippen LogP contribution in [0.1, 0.15) is 27.7 Å². The number of benzene rings is 1. The largest absolute Gasteiger partial charge is 0.372 e. The zero-order chi connectivity index (χ0) is 16.8. The first kappa shape index (κ1) is 17.6. The number of rotatable bonds is 5. The summed E-state index contributed by atoms with van der Waals surface area (Å²) in [6, 6.07) is 8.65. The molecule has 1 aromatic carbocycles. The predicted molar refractivity (Wildman–Crippen MR) is 97.3 cm³/mol. The van der Waals surface area contributed by atoms with Gasteiger partial charge in [-0.2, -0.15) is 0 Å². The van der Waals surface area contributed by atoms with E-state index in [0.717, 1.165) is 45.0 Å². The number of carbonyl (C=O) groups is 1. The molecule has 0 atom stereocenters. The topological polar surface area (TPSA) is 38.8 Å². The van der Waals surface area contributed by atoms with E-state index in [1.165, 1.54) is 5.69 Å². The number of carbonyl (C=O) groups excluding carboxylic acids is 1. The zero-order valence-corrected chi connectivity index (χ0v) is 14.9. The number of nitrogens with one attached hydrogen (secondary N) is 1. The van der Waals surface area contributed by atoms with E-state index >= 15 is 0 Å². The van der Waals surface area contributed by atoms with Crippen molar-refractivity contribution in [2.24, 2.45) is 0 Å². The van der Waals surface area contributed by atoms with E-state index in [0.29, 0.717) is 6.04 Å². The molecule has 1 fully saturated rings. The number of piperazine rings is 1. The van der Waals surface area contributed by atoms with Crippen molar-refractivity contribution in [1.82, 2.24) is 9.80 Å². The van der Waals surface area contributed by atoms with Crippen LogP contribution in [0.2, 0.25) is 0 Å². The van der Waals surface area contributed by atoms with Crippen molar-refractivity contribution in [2.75, 3.05) is 49.5 Å². The molecular formula is C18H30N4O. The molecular weight excluding hydrogens is 288 g/mol. The molecule has 1 aliphatic heterocycles. The summed E-state index contributed by atoms with van der Waals surface area (Å²) in [5, 5.41) is 3.01. The lowest BCUT2D eigenvalue weighted by molar-refractivity contribution is 0.125. The SMILES string of the molecule is CCN(CC)c1ccc(NC(=O)N2CCN(C(C)C)CC2)cc1. The number of urea groups is 1. The standard InChI is InChI=1S/C18H30N4O/c1-5-20(6-2)17-9-7-16(8-10-17)19-18(23)22-13-11-21(12-14-22)15(3)4/h7-10,15H,5-6,11-14H2,1-4H3,(H,19,23). The monoisotopic (exact) mass is 318 g/mol. The lowest BCUT2D eigenvalue weighted by Gasteiger charge is -2.36. The Morgan fingerprint density at radius 1 is 1.09 bits per heavy atom. The fourth-order valence-electron chi connectivity index (χ4n) is 2.99. The molecule has 0 saturated carbocycles. The summed E-state index contributed by atoms with van der Waals surface area (Å²) >= 11 is 0. The van der Waals surface area contributed by atoms with Gasteiger partial charge in [0.15, 0.2) is 0 Å². The van der Waals surface area contributed by atoms with E-state index in [1.807, 2.05) is 17.0 Å². The quantitative estimate of drug-likeness (QED) is 0.907. The van der Waals surface area contributed by atoms with Gasteiger partial charge in [0, 0.05) is 56.7 Å². The van der Waals surface area contributed by atoms with Crippen LogP contribution in [0, 0.1) is 0 Å². The third-order valence-corrected chi connectivity index (χ3v) is 4.58. The first-order valence-corrected chi connectivity index (χ1v) is 8.70. The summed E-state index contributed by atoms with van der Waals surface area (Å²) < 4.78 is 0.